The van der Waals surface area contributed by atoms with E-state index in [9.17, 15) is 9.18 Å². The van der Waals surface area contributed by atoms with E-state index in [1.807, 2.05) is 13.0 Å². The average Bonchev–Trinajstić information content (AvgIpc) is 2.35. The smallest absolute Gasteiger partial charge is 0.167 e. The van der Waals surface area contributed by atoms with Gasteiger partial charge in [0.2, 0.25) is 0 Å². The van der Waals surface area contributed by atoms with Crippen LogP contribution in [0.1, 0.15) is 35.7 Å². The number of nitrogens with zero attached hydrogens (tertiary/aromatic N) is 2. The molecule has 0 aliphatic heterocycles. The lowest BCUT2D eigenvalue weighted by atomic mass is 9.92. The third-order valence-corrected chi connectivity index (χ3v) is 2.57. The Morgan fingerprint density at radius 1 is 1.47 bits per heavy atom. The molecule has 0 bridgehead atoms. The number of nitriles is 2. The van der Waals surface area contributed by atoms with Gasteiger partial charge in [0.05, 0.1) is 11.6 Å². The summed E-state index contributed by atoms with van der Waals surface area (Å²) in [6.45, 7) is 1.81. The van der Waals surface area contributed by atoms with Crippen LogP contribution in [0, 0.1) is 34.4 Å². The molecule has 4 heteroatoms. The highest BCUT2D eigenvalue weighted by Gasteiger charge is 2.19. The maximum Gasteiger partial charge on any atom is 0.167 e. The Morgan fingerprint density at radius 3 is 2.71 bits per heavy atom. The number of benzene rings is 1. The molecule has 1 atom stereocenters. The second-order valence-electron chi connectivity index (χ2n) is 3.64. The molecule has 17 heavy (non-hydrogen) atoms. The number of hydrogen-bond donors (Lipinski definition) is 0. The monoisotopic (exact) mass is 230 g/mol. The lowest BCUT2D eigenvalue weighted by molar-refractivity contribution is 0.0918. The van der Waals surface area contributed by atoms with Crippen LogP contribution in [0.25, 0.3) is 0 Å². The van der Waals surface area contributed by atoms with Crippen LogP contribution in [0.3, 0.4) is 0 Å². The van der Waals surface area contributed by atoms with Crippen LogP contribution in [0.5, 0.6) is 0 Å². The second-order valence-corrected chi connectivity index (χ2v) is 3.64. The van der Waals surface area contributed by atoms with Gasteiger partial charge in [0, 0.05) is 17.9 Å². The molecule has 0 fully saturated rings. The van der Waals surface area contributed by atoms with Gasteiger partial charge in [-0.05, 0) is 24.6 Å². The summed E-state index contributed by atoms with van der Waals surface area (Å²) in [4.78, 5) is 12.0. The molecule has 1 rings (SSSR count). The largest absolute Gasteiger partial charge is 0.294 e. The second kappa shape index (κ2) is 5.77. The molecular weight excluding hydrogens is 219 g/mol. The molecule has 0 amide bonds. The highest BCUT2D eigenvalue weighted by Crippen LogP contribution is 2.18. The first-order chi connectivity index (χ1) is 8.13. The van der Waals surface area contributed by atoms with Crippen molar-refractivity contribution in [2.45, 2.75) is 19.8 Å². The third-order valence-electron chi connectivity index (χ3n) is 2.57. The fourth-order valence-electron chi connectivity index (χ4n) is 1.53. The van der Waals surface area contributed by atoms with Crippen molar-refractivity contribution >= 4 is 5.78 Å². The molecule has 0 radical (unpaired) electrons. The fraction of sp³-hybridized carbons (Fsp3) is 0.308. The molecule has 3 nitrogen and oxygen atoms in total. The van der Waals surface area contributed by atoms with E-state index >= 15 is 0 Å². The number of carbonyl (C=O) groups is 1. The SMILES string of the molecule is CCC(CC#N)C(=O)c1ccc(F)c(C#N)c1. The fourth-order valence-corrected chi connectivity index (χ4v) is 1.53. The van der Waals surface area contributed by atoms with E-state index in [-0.39, 0.29) is 23.3 Å². The Hall–Kier alpha value is -2.20. The van der Waals surface area contributed by atoms with E-state index in [0.717, 1.165) is 6.07 Å². The van der Waals surface area contributed by atoms with E-state index < -0.39 is 11.7 Å². The van der Waals surface area contributed by atoms with Crippen LogP contribution in [0.2, 0.25) is 0 Å². The summed E-state index contributed by atoms with van der Waals surface area (Å²) in [6.07, 6.45) is 0.681. The highest BCUT2D eigenvalue weighted by molar-refractivity contribution is 5.98. The summed E-state index contributed by atoms with van der Waals surface area (Å²) in [5, 5.41) is 17.3. The topological polar surface area (TPSA) is 64.7 Å². The minimum absolute atomic E-state index is 0.134. The van der Waals surface area contributed by atoms with Gasteiger partial charge in [0.25, 0.3) is 0 Å². The molecular formula is C13H11FN2O. The lowest BCUT2D eigenvalue weighted by Gasteiger charge is -2.09. The normalized spacial score (nSPS) is 11.3. The Labute approximate surface area is 99.1 Å². The molecule has 0 saturated carbocycles. The van der Waals surface area contributed by atoms with Crippen LogP contribution in [0.4, 0.5) is 4.39 Å². The van der Waals surface area contributed by atoms with Crippen LogP contribution < -0.4 is 0 Å². The van der Waals surface area contributed by atoms with Gasteiger partial charge in [-0.15, -0.1) is 0 Å². The number of carbonyl (C=O) groups excluding carboxylic acids is 1. The van der Waals surface area contributed by atoms with E-state index in [4.69, 9.17) is 10.5 Å². The minimum Gasteiger partial charge on any atom is -0.294 e. The molecule has 0 aliphatic rings. The summed E-state index contributed by atoms with van der Waals surface area (Å²) in [5.41, 5.74) is 0.132. The van der Waals surface area contributed by atoms with Crippen molar-refractivity contribution in [3.05, 3.63) is 35.1 Å². The first-order valence-electron chi connectivity index (χ1n) is 5.24. The standard InChI is InChI=1S/C13H11FN2O/c1-2-9(5-6-15)13(17)10-3-4-12(14)11(7-10)8-16/h3-4,7,9H,2,5H2,1H3. The molecule has 0 aromatic heterocycles. The van der Waals surface area contributed by atoms with Gasteiger partial charge in [-0.3, -0.25) is 4.79 Å². The Morgan fingerprint density at radius 2 is 2.18 bits per heavy atom. The van der Waals surface area contributed by atoms with E-state index in [0.29, 0.717) is 6.42 Å². The zero-order valence-electron chi connectivity index (χ0n) is 9.40. The number of ketones is 1. The molecule has 0 heterocycles. The minimum atomic E-state index is -0.641. The van der Waals surface area contributed by atoms with Gasteiger partial charge in [0.1, 0.15) is 11.9 Å². The van der Waals surface area contributed by atoms with Crippen molar-refractivity contribution in [3.8, 4) is 12.1 Å². The van der Waals surface area contributed by atoms with Crippen LogP contribution in [-0.4, -0.2) is 5.78 Å². The Kier molecular flexibility index (Phi) is 4.37. The molecule has 0 N–H and O–H groups in total. The zero-order valence-corrected chi connectivity index (χ0v) is 9.40. The first kappa shape index (κ1) is 12.9. The first-order valence-corrected chi connectivity index (χ1v) is 5.24. The van der Waals surface area contributed by atoms with Gasteiger partial charge >= 0.3 is 0 Å². The molecule has 86 valence electrons. The van der Waals surface area contributed by atoms with Crippen molar-refractivity contribution in [1.82, 2.24) is 0 Å². The van der Waals surface area contributed by atoms with Gasteiger partial charge in [-0.2, -0.15) is 10.5 Å². The summed E-state index contributed by atoms with van der Waals surface area (Å²) in [6, 6.07) is 7.32. The van der Waals surface area contributed by atoms with E-state index in [1.54, 1.807) is 6.07 Å². The lowest BCUT2D eigenvalue weighted by Crippen LogP contribution is -2.13. The summed E-state index contributed by atoms with van der Waals surface area (Å²) in [7, 11) is 0. The van der Waals surface area contributed by atoms with E-state index in [2.05, 4.69) is 0 Å². The van der Waals surface area contributed by atoms with Gasteiger partial charge in [0.15, 0.2) is 5.78 Å². The van der Waals surface area contributed by atoms with E-state index in [1.165, 1.54) is 12.1 Å². The number of hydrogen-bond acceptors (Lipinski definition) is 3. The number of halogens is 1. The Bertz CT molecular complexity index is 511. The number of Topliss-reactive ketones (excluding diaryl/α,β-unsaturated/α-hetero) is 1. The van der Waals surface area contributed by atoms with Crippen molar-refractivity contribution in [2.75, 3.05) is 0 Å². The van der Waals surface area contributed by atoms with Gasteiger partial charge in [-0.1, -0.05) is 6.92 Å². The molecule has 0 saturated heterocycles. The van der Waals surface area contributed by atoms with Gasteiger partial charge < -0.3 is 0 Å². The van der Waals surface area contributed by atoms with Crippen LogP contribution in [0.15, 0.2) is 18.2 Å². The van der Waals surface area contributed by atoms with Crippen molar-refractivity contribution in [2.24, 2.45) is 5.92 Å². The Balaban J connectivity index is 3.05. The van der Waals surface area contributed by atoms with Crippen molar-refractivity contribution in [3.63, 3.8) is 0 Å². The summed E-state index contributed by atoms with van der Waals surface area (Å²) >= 11 is 0. The molecule has 0 spiro atoms. The van der Waals surface area contributed by atoms with Crippen molar-refractivity contribution in [1.29, 1.82) is 10.5 Å². The summed E-state index contributed by atoms with van der Waals surface area (Å²) < 4.78 is 13.1. The zero-order chi connectivity index (χ0) is 12.8. The highest BCUT2D eigenvalue weighted by atomic mass is 19.1. The predicted molar refractivity (Wildman–Crippen MR) is 59.5 cm³/mol. The molecule has 0 aliphatic carbocycles. The predicted octanol–water partition coefficient (Wildman–Crippen LogP) is 2.82. The maximum atomic E-state index is 13.1. The molecule has 1 unspecified atom stereocenters. The maximum absolute atomic E-state index is 13.1. The van der Waals surface area contributed by atoms with Crippen molar-refractivity contribution < 1.29 is 9.18 Å². The molecule has 1 aromatic rings. The average molecular weight is 230 g/mol. The van der Waals surface area contributed by atoms with Gasteiger partial charge in [-0.25, -0.2) is 4.39 Å². The quantitative estimate of drug-likeness (QED) is 0.747. The molecule has 1 aromatic carbocycles. The van der Waals surface area contributed by atoms with Crippen LogP contribution in [-0.2, 0) is 0 Å². The van der Waals surface area contributed by atoms with Crippen LogP contribution >= 0.6 is 0 Å². The number of rotatable bonds is 4. The summed E-state index contributed by atoms with van der Waals surface area (Å²) in [5.74, 6) is -1.25. The third kappa shape index (κ3) is 2.89.